The van der Waals surface area contributed by atoms with E-state index in [0.29, 0.717) is 5.54 Å². The summed E-state index contributed by atoms with van der Waals surface area (Å²) in [6.45, 7) is 3.86. The van der Waals surface area contributed by atoms with Crippen molar-refractivity contribution in [3.05, 3.63) is 0 Å². The number of hydrogen-bond acceptors (Lipinski definition) is 1. The minimum Gasteiger partial charge on any atom is -0.297 e. The molecule has 0 radical (unpaired) electrons. The molecular weight excluding hydrogens is 153 g/mol. The zero-order chi connectivity index (χ0) is 8.60. The van der Waals surface area contributed by atoms with Crippen molar-refractivity contribution in [2.45, 2.75) is 50.7 Å². The maximum Gasteiger partial charge on any atom is 0.0985 e. The second-order valence-electron chi connectivity index (χ2n) is 4.38. The summed E-state index contributed by atoms with van der Waals surface area (Å²) in [7, 11) is 0. The molecule has 12 heavy (non-hydrogen) atoms. The summed E-state index contributed by atoms with van der Waals surface area (Å²) >= 11 is 0. The predicted molar refractivity (Wildman–Crippen MR) is 48.0 cm³/mol. The molecule has 1 aliphatic carbocycles. The molecule has 2 rings (SSSR count). The highest BCUT2D eigenvalue weighted by atomic mass is 19.1. The molecule has 70 valence electrons. The molecule has 0 N–H and O–H groups in total. The highest BCUT2D eigenvalue weighted by Crippen LogP contribution is 2.46. The summed E-state index contributed by atoms with van der Waals surface area (Å²) in [5.74, 6) is 0. The van der Waals surface area contributed by atoms with Crippen LogP contribution in [0.2, 0.25) is 0 Å². The van der Waals surface area contributed by atoms with Gasteiger partial charge >= 0.3 is 0 Å². The van der Waals surface area contributed by atoms with Gasteiger partial charge in [0.25, 0.3) is 0 Å². The Bertz CT molecular complexity index is 158. The van der Waals surface area contributed by atoms with E-state index in [1.54, 1.807) is 6.92 Å². The van der Waals surface area contributed by atoms with Crippen molar-refractivity contribution in [3.63, 3.8) is 0 Å². The first-order valence-electron chi connectivity index (χ1n) is 5.12. The minimum atomic E-state index is -0.622. The van der Waals surface area contributed by atoms with Crippen LogP contribution in [0.15, 0.2) is 0 Å². The molecule has 0 amide bonds. The maximum atomic E-state index is 12.6. The highest BCUT2D eigenvalue weighted by molar-refractivity contribution is 5.05. The Labute approximate surface area is 73.9 Å². The lowest BCUT2D eigenvalue weighted by atomic mass is 9.68. The molecule has 1 spiro atoms. The predicted octanol–water partition coefficient (Wildman–Crippen LogP) is 2.36. The molecule has 0 aromatic heterocycles. The van der Waals surface area contributed by atoms with Crippen LogP contribution in [0.5, 0.6) is 0 Å². The van der Waals surface area contributed by atoms with Crippen molar-refractivity contribution in [1.29, 1.82) is 0 Å². The van der Waals surface area contributed by atoms with Gasteiger partial charge in [-0.15, -0.1) is 0 Å². The van der Waals surface area contributed by atoms with E-state index < -0.39 is 6.17 Å². The molecule has 1 saturated carbocycles. The second-order valence-corrected chi connectivity index (χ2v) is 4.38. The lowest BCUT2D eigenvalue weighted by Crippen LogP contribution is -2.63. The maximum absolute atomic E-state index is 12.6. The van der Waals surface area contributed by atoms with Gasteiger partial charge in [-0.1, -0.05) is 0 Å². The Kier molecular flexibility index (Phi) is 2.11. The number of nitrogens with zero attached hydrogens (tertiary/aromatic N) is 1. The van der Waals surface area contributed by atoms with E-state index in [2.05, 4.69) is 4.90 Å². The Morgan fingerprint density at radius 3 is 2.50 bits per heavy atom. The van der Waals surface area contributed by atoms with Crippen molar-refractivity contribution >= 4 is 0 Å². The van der Waals surface area contributed by atoms with Crippen molar-refractivity contribution < 1.29 is 4.39 Å². The summed E-state index contributed by atoms with van der Waals surface area (Å²) in [5.41, 5.74) is 0.564. The number of halogens is 1. The van der Waals surface area contributed by atoms with Crippen LogP contribution in [0.25, 0.3) is 0 Å². The van der Waals surface area contributed by atoms with E-state index in [1.807, 2.05) is 0 Å². The average Bonchev–Trinajstić information content (AvgIpc) is 1.80. The molecule has 1 heterocycles. The molecule has 1 nitrogen and oxygen atoms in total. The van der Waals surface area contributed by atoms with Crippen molar-refractivity contribution in [2.75, 3.05) is 13.1 Å². The topological polar surface area (TPSA) is 3.24 Å². The summed E-state index contributed by atoms with van der Waals surface area (Å²) in [6, 6.07) is 0. The van der Waals surface area contributed by atoms with Crippen molar-refractivity contribution in [2.24, 2.45) is 0 Å². The first-order valence-corrected chi connectivity index (χ1v) is 5.12. The van der Waals surface area contributed by atoms with E-state index >= 15 is 0 Å². The number of alkyl halides is 1. The quantitative estimate of drug-likeness (QED) is 0.630. The first kappa shape index (κ1) is 8.49. The van der Waals surface area contributed by atoms with Gasteiger partial charge in [-0.2, -0.15) is 0 Å². The Morgan fingerprint density at radius 2 is 2.17 bits per heavy atom. The molecule has 0 aromatic carbocycles. The molecule has 2 heteroatoms. The lowest BCUT2D eigenvalue weighted by Gasteiger charge is -2.59. The van der Waals surface area contributed by atoms with Gasteiger partial charge in [0.2, 0.25) is 0 Å². The van der Waals surface area contributed by atoms with Crippen LogP contribution in [-0.2, 0) is 0 Å². The summed E-state index contributed by atoms with van der Waals surface area (Å²) in [5, 5.41) is 0. The third-order valence-corrected chi connectivity index (χ3v) is 3.60. The van der Waals surface area contributed by atoms with Crippen LogP contribution in [0.3, 0.4) is 0 Å². The number of hydrogen-bond donors (Lipinski definition) is 0. The fourth-order valence-corrected chi connectivity index (χ4v) is 2.42. The fraction of sp³-hybridized carbons (Fsp3) is 1.00. The molecule has 2 aliphatic rings. The Morgan fingerprint density at radius 1 is 1.42 bits per heavy atom. The number of likely N-dealkylation sites (tertiary alicyclic amines) is 1. The van der Waals surface area contributed by atoms with Gasteiger partial charge in [-0.25, -0.2) is 4.39 Å². The van der Waals surface area contributed by atoms with Crippen LogP contribution in [0.4, 0.5) is 4.39 Å². The zero-order valence-corrected chi connectivity index (χ0v) is 7.85. The molecule has 1 saturated heterocycles. The van der Waals surface area contributed by atoms with Gasteiger partial charge < -0.3 is 0 Å². The summed E-state index contributed by atoms with van der Waals surface area (Å²) < 4.78 is 12.6. The third-order valence-electron chi connectivity index (χ3n) is 3.60. The van der Waals surface area contributed by atoms with Gasteiger partial charge in [-0.05, 0) is 39.0 Å². The molecule has 2 fully saturated rings. The molecule has 0 aromatic rings. The number of rotatable bonds is 3. The smallest absolute Gasteiger partial charge is 0.0985 e. The van der Waals surface area contributed by atoms with Gasteiger partial charge in [-0.3, -0.25) is 4.90 Å². The first-order chi connectivity index (χ1) is 5.73. The van der Waals surface area contributed by atoms with Crippen molar-refractivity contribution in [1.82, 2.24) is 4.90 Å². The Balaban J connectivity index is 1.74. The molecular formula is C10H18FN. The molecule has 1 atom stereocenters. The highest BCUT2D eigenvalue weighted by Gasteiger charge is 2.48. The summed E-state index contributed by atoms with van der Waals surface area (Å²) in [4.78, 5) is 2.49. The lowest BCUT2D eigenvalue weighted by molar-refractivity contribution is -0.0750. The third kappa shape index (κ3) is 1.26. The average molecular weight is 171 g/mol. The van der Waals surface area contributed by atoms with E-state index in [-0.39, 0.29) is 0 Å². The SMILES string of the molecule is CC(F)CCN1CCC12CCC2. The Hall–Kier alpha value is -0.110. The normalized spacial score (nSPS) is 29.5. The van der Waals surface area contributed by atoms with Gasteiger partial charge in [0.15, 0.2) is 0 Å². The van der Waals surface area contributed by atoms with E-state index in [0.717, 1.165) is 13.0 Å². The van der Waals surface area contributed by atoms with Crippen LogP contribution in [0, 0.1) is 0 Å². The fourth-order valence-electron chi connectivity index (χ4n) is 2.42. The largest absolute Gasteiger partial charge is 0.297 e. The van der Waals surface area contributed by atoms with Crippen LogP contribution >= 0.6 is 0 Å². The zero-order valence-electron chi connectivity index (χ0n) is 7.85. The second kappa shape index (κ2) is 2.99. The van der Waals surface area contributed by atoms with E-state index in [9.17, 15) is 4.39 Å². The molecule has 1 aliphatic heterocycles. The molecule has 0 bridgehead atoms. The molecule has 1 unspecified atom stereocenters. The van der Waals surface area contributed by atoms with Gasteiger partial charge in [0, 0.05) is 18.6 Å². The van der Waals surface area contributed by atoms with Crippen LogP contribution < -0.4 is 0 Å². The van der Waals surface area contributed by atoms with Crippen LogP contribution in [0.1, 0.15) is 39.0 Å². The minimum absolute atomic E-state index is 0.564. The van der Waals surface area contributed by atoms with E-state index in [1.165, 1.54) is 32.2 Å². The standard InChI is InChI=1S/C10H18FN/c1-9(11)3-7-12-8-6-10(12)4-2-5-10/h9H,2-8H2,1H3. The summed E-state index contributed by atoms with van der Waals surface area (Å²) in [6.07, 6.45) is 5.60. The van der Waals surface area contributed by atoms with Gasteiger partial charge in [0.05, 0.1) is 6.17 Å². The van der Waals surface area contributed by atoms with Gasteiger partial charge in [0.1, 0.15) is 0 Å². The van der Waals surface area contributed by atoms with E-state index in [4.69, 9.17) is 0 Å². The van der Waals surface area contributed by atoms with Crippen molar-refractivity contribution in [3.8, 4) is 0 Å². The monoisotopic (exact) mass is 171 g/mol. The van der Waals surface area contributed by atoms with Crippen LogP contribution in [-0.4, -0.2) is 29.7 Å².